The maximum atomic E-state index is 12.9. The fraction of sp³-hybridized carbons (Fsp3) is 0.562. The quantitative estimate of drug-likeness (QED) is 0.885. The largest absolute Gasteiger partial charge is 0.338 e. The molecule has 23 heavy (non-hydrogen) atoms. The van der Waals surface area contributed by atoms with Crippen molar-refractivity contribution in [2.45, 2.75) is 57.0 Å². The van der Waals surface area contributed by atoms with E-state index in [0.717, 1.165) is 19.3 Å². The lowest BCUT2D eigenvalue weighted by atomic mass is 10.0. The van der Waals surface area contributed by atoms with Crippen LogP contribution >= 0.6 is 0 Å². The van der Waals surface area contributed by atoms with E-state index in [1.165, 1.54) is 0 Å². The van der Waals surface area contributed by atoms with Crippen LogP contribution in [0, 0.1) is 0 Å². The van der Waals surface area contributed by atoms with Gasteiger partial charge in [0.15, 0.2) is 0 Å². The fourth-order valence-electron chi connectivity index (χ4n) is 3.04. The molecule has 0 saturated carbocycles. The number of hydrogen-bond acceptors (Lipinski definition) is 3. The van der Waals surface area contributed by atoms with Crippen LogP contribution in [0.25, 0.3) is 0 Å². The number of sulfonamides is 1. The Kier molecular flexibility index (Phi) is 5.64. The van der Waals surface area contributed by atoms with Crippen LogP contribution in [0.5, 0.6) is 0 Å². The minimum absolute atomic E-state index is 0.0110. The molecule has 6 nitrogen and oxygen atoms in total. The molecule has 1 fully saturated rings. The molecule has 7 heteroatoms. The van der Waals surface area contributed by atoms with Gasteiger partial charge in [0, 0.05) is 24.3 Å². The molecule has 0 bridgehead atoms. The second kappa shape index (κ2) is 7.31. The molecule has 128 valence electrons. The first-order valence-electron chi connectivity index (χ1n) is 8.04. The van der Waals surface area contributed by atoms with Gasteiger partial charge in [-0.3, -0.25) is 0 Å². The summed E-state index contributed by atoms with van der Waals surface area (Å²) >= 11 is 0. The van der Waals surface area contributed by atoms with Gasteiger partial charge in [-0.2, -0.15) is 4.31 Å². The lowest BCUT2D eigenvalue weighted by Crippen LogP contribution is -2.47. The summed E-state index contributed by atoms with van der Waals surface area (Å²) in [6.45, 7) is 6.27. The number of urea groups is 1. The number of carbonyl (C=O) groups excluding carboxylic acids is 1. The first-order chi connectivity index (χ1) is 10.9. The van der Waals surface area contributed by atoms with Crippen molar-refractivity contribution < 1.29 is 13.2 Å². The monoisotopic (exact) mass is 339 g/mol. The van der Waals surface area contributed by atoms with E-state index in [1.54, 1.807) is 28.6 Å². The van der Waals surface area contributed by atoms with Crippen molar-refractivity contribution in [3.63, 3.8) is 0 Å². The zero-order valence-electron chi connectivity index (χ0n) is 13.9. The molecule has 1 aromatic rings. The fourth-order valence-corrected chi connectivity index (χ4v) is 4.92. The lowest BCUT2D eigenvalue weighted by Gasteiger charge is -2.37. The van der Waals surface area contributed by atoms with Gasteiger partial charge in [-0.15, -0.1) is 0 Å². The van der Waals surface area contributed by atoms with E-state index in [0.29, 0.717) is 12.2 Å². The van der Waals surface area contributed by atoms with Crippen molar-refractivity contribution in [3.05, 3.63) is 24.3 Å². The zero-order valence-corrected chi connectivity index (χ0v) is 14.7. The summed E-state index contributed by atoms with van der Waals surface area (Å²) in [7, 11) is -3.51. The predicted octanol–water partition coefficient (Wildman–Crippen LogP) is 2.78. The average molecular weight is 339 g/mol. The zero-order chi connectivity index (χ0) is 17.0. The Morgan fingerprint density at radius 3 is 2.26 bits per heavy atom. The summed E-state index contributed by atoms with van der Waals surface area (Å²) in [5.74, 6) is 0. The summed E-state index contributed by atoms with van der Waals surface area (Å²) in [5, 5.41) is 5.29. The Labute approximate surface area is 138 Å². The Morgan fingerprint density at radius 1 is 1.17 bits per heavy atom. The molecule has 1 heterocycles. The molecule has 2 N–H and O–H groups in total. The highest BCUT2D eigenvalue weighted by molar-refractivity contribution is 7.89. The number of hydrogen-bond donors (Lipinski definition) is 2. The van der Waals surface area contributed by atoms with Crippen LogP contribution < -0.4 is 10.6 Å². The Morgan fingerprint density at radius 2 is 1.74 bits per heavy atom. The van der Waals surface area contributed by atoms with Gasteiger partial charge in [-0.25, -0.2) is 13.2 Å². The third-order valence-electron chi connectivity index (χ3n) is 4.14. The van der Waals surface area contributed by atoms with Crippen molar-refractivity contribution in [3.8, 4) is 0 Å². The molecular formula is C16H25N3O3S. The molecule has 0 unspecified atom stereocenters. The number of rotatable bonds is 4. The smallest absolute Gasteiger partial charge is 0.319 e. The standard InChI is InChI=1S/C16H25N3O3S/c1-4-17-16(20)18-14-8-10-15(11-9-14)23(21,22)19-12(2)6-5-7-13(19)3/h8-13H,4-7H2,1-3H3,(H2,17,18,20)/t12-,13-/m0/s1. The molecule has 0 aliphatic carbocycles. The van der Waals surface area contributed by atoms with Crippen molar-refractivity contribution in [1.82, 2.24) is 9.62 Å². The van der Waals surface area contributed by atoms with Gasteiger partial charge in [0.2, 0.25) is 10.0 Å². The predicted molar refractivity (Wildman–Crippen MR) is 90.9 cm³/mol. The molecule has 2 atom stereocenters. The lowest BCUT2D eigenvalue weighted by molar-refractivity contribution is 0.204. The molecule has 0 spiro atoms. The number of amides is 2. The van der Waals surface area contributed by atoms with Crippen LogP contribution in [-0.2, 0) is 10.0 Å². The second-order valence-corrected chi connectivity index (χ2v) is 7.82. The number of nitrogens with one attached hydrogen (secondary N) is 2. The summed E-state index contributed by atoms with van der Waals surface area (Å²) in [6.07, 6.45) is 2.84. The van der Waals surface area contributed by atoms with Gasteiger partial charge in [-0.05, 0) is 57.9 Å². The van der Waals surface area contributed by atoms with E-state index >= 15 is 0 Å². The van der Waals surface area contributed by atoms with Crippen LogP contribution in [0.2, 0.25) is 0 Å². The molecule has 0 aromatic heterocycles. The van der Waals surface area contributed by atoms with Crippen molar-refractivity contribution in [1.29, 1.82) is 0 Å². The van der Waals surface area contributed by atoms with Gasteiger partial charge in [0.25, 0.3) is 0 Å². The number of benzene rings is 1. The van der Waals surface area contributed by atoms with Crippen LogP contribution in [0.3, 0.4) is 0 Å². The number of anilines is 1. The maximum Gasteiger partial charge on any atom is 0.319 e. The van der Waals surface area contributed by atoms with Crippen LogP contribution in [0.4, 0.5) is 10.5 Å². The third-order valence-corrected chi connectivity index (χ3v) is 6.28. The molecule has 0 radical (unpaired) electrons. The summed E-state index contributed by atoms with van der Waals surface area (Å²) in [6, 6.07) is 6.04. The number of nitrogens with zero attached hydrogens (tertiary/aromatic N) is 1. The Bertz CT molecular complexity index is 633. The maximum absolute atomic E-state index is 12.9. The van der Waals surface area contributed by atoms with Gasteiger partial charge in [0.05, 0.1) is 4.90 Å². The molecule has 2 amide bonds. The molecule has 1 saturated heterocycles. The van der Waals surface area contributed by atoms with E-state index in [4.69, 9.17) is 0 Å². The highest BCUT2D eigenvalue weighted by Crippen LogP contribution is 2.29. The minimum atomic E-state index is -3.51. The van der Waals surface area contributed by atoms with E-state index in [9.17, 15) is 13.2 Å². The van der Waals surface area contributed by atoms with Crippen molar-refractivity contribution in [2.24, 2.45) is 0 Å². The summed E-state index contributed by atoms with van der Waals surface area (Å²) in [4.78, 5) is 11.7. The summed E-state index contributed by atoms with van der Waals surface area (Å²) in [5.41, 5.74) is 0.564. The number of carbonyl (C=O) groups is 1. The molecule has 2 rings (SSSR count). The van der Waals surface area contributed by atoms with Crippen molar-refractivity contribution >= 4 is 21.7 Å². The normalized spacial score (nSPS) is 22.6. The first kappa shape index (κ1) is 17.7. The third kappa shape index (κ3) is 4.03. The number of piperidine rings is 1. The average Bonchev–Trinajstić information content (AvgIpc) is 2.47. The second-order valence-electron chi connectivity index (χ2n) is 5.97. The van der Waals surface area contributed by atoms with E-state index in [1.807, 2.05) is 20.8 Å². The minimum Gasteiger partial charge on any atom is -0.338 e. The Balaban J connectivity index is 2.18. The van der Waals surface area contributed by atoms with Gasteiger partial charge in [-0.1, -0.05) is 6.42 Å². The first-order valence-corrected chi connectivity index (χ1v) is 9.48. The molecular weight excluding hydrogens is 314 g/mol. The van der Waals surface area contributed by atoms with E-state index in [-0.39, 0.29) is 23.0 Å². The van der Waals surface area contributed by atoms with E-state index in [2.05, 4.69) is 10.6 Å². The highest BCUT2D eigenvalue weighted by atomic mass is 32.2. The molecule has 1 aliphatic rings. The van der Waals surface area contributed by atoms with Crippen molar-refractivity contribution in [2.75, 3.05) is 11.9 Å². The topological polar surface area (TPSA) is 78.5 Å². The van der Waals surface area contributed by atoms with Crippen LogP contribution in [-0.4, -0.2) is 37.4 Å². The van der Waals surface area contributed by atoms with Gasteiger partial charge < -0.3 is 10.6 Å². The van der Waals surface area contributed by atoms with Crippen LogP contribution in [0.1, 0.15) is 40.0 Å². The van der Waals surface area contributed by atoms with Crippen LogP contribution in [0.15, 0.2) is 29.2 Å². The highest BCUT2D eigenvalue weighted by Gasteiger charge is 2.35. The summed E-state index contributed by atoms with van der Waals surface area (Å²) < 4.78 is 27.4. The molecule has 1 aliphatic heterocycles. The van der Waals surface area contributed by atoms with E-state index < -0.39 is 10.0 Å². The Hall–Kier alpha value is -1.60. The molecule has 1 aromatic carbocycles. The van der Waals surface area contributed by atoms with Gasteiger partial charge in [0.1, 0.15) is 0 Å². The van der Waals surface area contributed by atoms with Gasteiger partial charge >= 0.3 is 6.03 Å². The SMILES string of the molecule is CCNC(=O)Nc1ccc(S(=O)(=O)N2[C@@H](C)CCC[C@@H]2C)cc1.